The molecule has 5 nitrogen and oxygen atoms in total. The fourth-order valence-electron chi connectivity index (χ4n) is 2.57. The lowest BCUT2D eigenvalue weighted by Gasteiger charge is -2.11. The second-order valence-corrected chi connectivity index (χ2v) is 6.95. The van der Waals surface area contributed by atoms with Crippen LogP contribution in [-0.4, -0.2) is 36.7 Å². The first-order valence-electron chi connectivity index (χ1n) is 6.55. The predicted octanol–water partition coefficient (Wildman–Crippen LogP) is 1.62. The first kappa shape index (κ1) is 13.9. The van der Waals surface area contributed by atoms with Crippen LogP contribution in [0.2, 0.25) is 0 Å². The van der Waals surface area contributed by atoms with Crippen molar-refractivity contribution in [3.8, 4) is 0 Å². The molecule has 1 amide bonds. The number of thioether (sulfide) groups is 1. The van der Waals surface area contributed by atoms with Crippen molar-refractivity contribution in [2.24, 2.45) is 0 Å². The Balaban J connectivity index is 1.85. The summed E-state index contributed by atoms with van der Waals surface area (Å²) in [7, 11) is 1.38. The van der Waals surface area contributed by atoms with Crippen LogP contribution in [0.3, 0.4) is 0 Å². The molecule has 108 valence electrons. The van der Waals surface area contributed by atoms with E-state index in [4.69, 9.17) is 4.74 Å². The molecule has 2 aliphatic rings. The number of amides is 1. The van der Waals surface area contributed by atoms with Gasteiger partial charge in [0.1, 0.15) is 5.00 Å². The van der Waals surface area contributed by atoms with E-state index in [0.29, 0.717) is 10.6 Å². The highest BCUT2D eigenvalue weighted by atomic mass is 32.2. The van der Waals surface area contributed by atoms with Crippen molar-refractivity contribution in [3.63, 3.8) is 0 Å². The summed E-state index contributed by atoms with van der Waals surface area (Å²) in [6, 6.07) is -0.178. The number of anilines is 1. The SMILES string of the molecule is COC(=O)c1c(NC(=O)C2CSCN2)sc2c1CCC2. The molecule has 1 fully saturated rings. The Bertz CT molecular complexity index is 550. The molecule has 0 bridgehead atoms. The maximum atomic E-state index is 12.2. The van der Waals surface area contributed by atoms with Crippen LogP contribution in [0.1, 0.15) is 27.2 Å². The third-order valence-electron chi connectivity index (χ3n) is 3.58. The summed E-state index contributed by atoms with van der Waals surface area (Å²) in [5, 5.41) is 6.67. The van der Waals surface area contributed by atoms with Crippen molar-refractivity contribution in [3.05, 3.63) is 16.0 Å². The van der Waals surface area contributed by atoms with Gasteiger partial charge in [0.25, 0.3) is 0 Å². The first-order chi connectivity index (χ1) is 9.70. The number of carbonyl (C=O) groups excluding carboxylic acids is 2. The Hall–Kier alpha value is -1.05. The quantitative estimate of drug-likeness (QED) is 0.830. The lowest BCUT2D eigenvalue weighted by atomic mass is 10.1. The summed E-state index contributed by atoms with van der Waals surface area (Å²) in [5.41, 5.74) is 1.62. The van der Waals surface area contributed by atoms with Gasteiger partial charge in [-0.3, -0.25) is 10.1 Å². The van der Waals surface area contributed by atoms with Crippen LogP contribution in [0.15, 0.2) is 0 Å². The highest BCUT2D eigenvalue weighted by Crippen LogP contribution is 2.39. The first-order valence-corrected chi connectivity index (χ1v) is 8.52. The topological polar surface area (TPSA) is 67.4 Å². The minimum Gasteiger partial charge on any atom is -0.465 e. The van der Waals surface area contributed by atoms with Crippen LogP contribution in [0, 0.1) is 0 Å². The van der Waals surface area contributed by atoms with E-state index in [1.165, 1.54) is 23.3 Å². The van der Waals surface area contributed by atoms with Crippen molar-refractivity contribution < 1.29 is 14.3 Å². The van der Waals surface area contributed by atoms with E-state index in [-0.39, 0.29) is 17.9 Å². The molecule has 1 aromatic heterocycles. The van der Waals surface area contributed by atoms with Crippen molar-refractivity contribution in [2.75, 3.05) is 24.1 Å². The molecular weight excluding hydrogens is 296 g/mol. The third-order valence-corrected chi connectivity index (χ3v) is 5.73. The number of ether oxygens (including phenoxy) is 1. The standard InChI is InChI=1S/C13H16N2O3S2/c1-18-13(17)10-7-3-2-4-9(7)20-12(10)15-11(16)8-5-19-6-14-8/h8,14H,2-6H2,1H3,(H,15,16). The highest BCUT2D eigenvalue weighted by molar-refractivity contribution is 7.99. The molecule has 3 rings (SSSR count). The number of rotatable bonds is 3. The molecule has 1 aliphatic heterocycles. The maximum Gasteiger partial charge on any atom is 0.341 e. The Morgan fingerprint density at radius 1 is 1.40 bits per heavy atom. The van der Waals surface area contributed by atoms with Gasteiger partial charge in [0.05, 0.1) is 18.7 Å². The number of esters is 1. The summed E-state index contributed by atoms with van der Waals surface area (Å²) < 4.78 is 4.86. The predicted molar refractivity (Wildman–Crippen MR) is 80.6 cm³/mol. The molecule has 1 unspecified atom stereocenters. The van der Waals surface area contributed by atoms with Gasteiger partial charge in [-0.25, -0.2) is 4.79 Å². The fraction of sp³-hybridized carbons (Fsp3) is 0.538. The van der Waals surface area contributed by atoms with E-state index in [1.807, 2.05) is 0 Å². The molecule has 1 atom stereocenters. The normalized spacial score (nSPS) is 20.8. The van der Waals surface area contributed by atoms with Gasteiger partial charge < -0.3 is 10.1 Å². The van der Waals surface area contributed by atoms with E-state index in [9.17, 15) is 9.59 Å². The fourth-order valence-corrected chi connectivity index (χ4v) is 4.80. The van der Waals surface area contributed by atoms with E-state index in [0.717, 1.165) is 36.5 Å². The number of carbonyl (C=O) groups is 2. The summed E-state index contributed by atoms with van der Waals surface area (Å²) in [4.78, 5) is 25.3. The monoisotopic (exact) mass is 312 g/mol. The van der Waals surface area contributed by atoms with E-state index >= 15 is 0 Å². The van der Waals surface area contributed by atoms with Crippen LogP contribution < -0.4 is 10.6 Å². The summed E-state index contributed by atoms with van der Waals surface area (Å²) >= 11 is 3.21. The van der Waals surface area contributed by atoms with Crippen LogP contribution in [0.25, 0.3) is 0 Å². The molecule has 1 aromatic rings. The average Bonchev–Trinajstić information content (AvgIpc) is 3.13. The number of hydrogen-bond donors (Lipinski definition) is 2. The van der Waals surface area contributed by atoms with E-state index in [2.05, 4.69) is 10.6 Å². The number of aryl methyl sites for hydroxylation is 1. The van der Waals surface area contributed by atoms with Gasteiger partial charge in [0.2, 0.25) is 5.91 Å². The largest absolute Gasteiger partial charge is 0.465 e. The van der Waals surface area contributed by atoms with Crippen molar-refractivity contribution >= 4 is 40.0 Å². The number of hydrogen-bond acceptors (Lipinski definition) is 6. The Morgan fingerprint density at radius 2 is 2.25 bits per heavy atom. The zero-order valence-electron chi connectivity index (χ0n) is 11.2. The minimum absolute atomic E-state index is 0.0694. The van der Waals surface area contributed by atoms with Crippen molar-refractivity contribution in [1.29, 1.82) is 0 Å². The van der Waals surface area contributed by atoms with Gasteiger partial charge in [-0.2, -0.15) is 0 Å². The molecular formula is C13H16N2O3S2. The van der Waals surface area contributed by atoms with Gasteiger partial charge in [-0.15, -0.1) is 23.1 Å². The van der Waals surface area contributed by atoms with Gasteiger partial charge in [0, 0.05) is 16.5 Å². The van der Waals surface area contributed by atoms with Crippen LogP contribution in [0.4, 0.5) is 5.00 Å². The molecule has 7 heteroatoms. The molecule has 0 aromatic carbocycles. The zero-order valence-corrected chi connectivity index (χ0v) is 12.8. The van der Waals surface area contributed by atoms with Gasteiger partial charge >= 0.3 is 5.97 Å². The Kier molecular flexibility index (Phi) is 4.00. The minimum atomic E-state index is -0.353. The molecule has 1 saturated heterocycles. The van der Waals surface area contributed by atoms with Crippen molar-refractivity contribution in [2.45, 2.75) is 25.3 Å². The van der Waals surface area contributed by atoms with Crippen LogP contribution in [0.5, 0.6) is 0 Å². The second-order valence-electron chi connectivity index (χ2n) is 4.81. The molecule has 2 N–H and O–H groups in total. The zero-order chi connectivity index (χ0) is 14.1. The highest BCUT2D eigenvalue weighted by Gasteiger charge is 2.30. The van der Waals surface area contributed by atoms with Crippen LogP contribution >= 0.6 is 23.1 Å². The number of fused-ring (bicyclic) bond motifs is 1. The number of methoxy groups -OCH3 is 1. The molecule has 1 aliphatic carbocycles. The van der Waals surface area contributed by atoms with Gasteiger partial charge in [-0.05, 0) is 24.8 Å². The number of nitrogens with one attached hydrogen (secondary N) is 2. The smallest absolute Gasteiger partial charge is 0.341 e. The van der Waals surface area contributed by atoms with E-state index < -0.39 is 0 Å². The Morgan fingerprint density at radius 3 is 2.95 bits per heavy atom. The third kappa shape index (κ3) is 2.45. The van der Waals surface area contributed by atoms with E-state index in [1.54, 1.807) is 11.8 Å². The lowest BCUT2D eigenvalue weighted by molar-refractivity contribution is -0.117. The van der Waals surface area contributed by atoms with Crippen molar-refractivity contribution in [1.82, 2.24) is 5.32 Å². The maximum absolute atomic E-state index is 12.2. The molecule has 2 heterocycles. The molecule has 0 radical (unpaired) electrons. The van der Waals surface area contributed by atoms with Gasteiger partial charge in [0.15, 0.2) is 0 Å². The molecule has 20 heavy (non-hydrogen) atoms. The number of thiophene rings is 1. The summed E-state index contributed by atoms with van der Waals surface area (Å²) in [6.07, 6.45) is 2.95. The summed E-state index contributed by atoms with van der Waals surface area (Å²) in [5.74, 6) is 1.14. The van der Waals surface area contributed by atoms with Crippen LogP contribution in [-0.2, 0) is 22.4 Å². The second kappa shape index (κ2) is 5.75. The average molecular weight is 312 g/mol. The lowest BCUT2D eigenvalue weighted by Crippen LogP contribution is -2.37. The molecule has 0 saturated carbocycles. The van der Waals surface area contributed by atoms with Gasteiger partial charge in [-0.1, -0.05) is 0 Å². The molecule has 0 spiro atoms. The Labute approximate surface area is 125 Å². The summed E-state index contributed by atoms with van der Waals surface area (Å²) in [6.45, 7) is 0.